The van der Waals surface area contributed by atoms with Gasteiger partial charge in [-0.2, -0.15) is 0 Å². The molecule has 0 saturated carbocycles. The number of phenolic OH excluding ortho intramolecular Hbond substituents is 2. The Kier molecular flexibility index (Phi) is 2.05. The van der Waals surface area contributed by atoms with Crippen LogP contribution in [-0.4, -0.2) is 26.3 Å². The lowest BCUT2D eigenvalue weighted by atomic mass is 10.1. The number of nitrogens with one attached hydrogen (secondary N) is 1. The van der Waals surface area contributed by atoms with Crippen molar-refractivity contribution in [2.75, 3.05) is 0 Å². The average Bonchev–Trinajstić information content (AvgIpc) is 2.68. The van der Waals surface area contributed by atoms with Crippen LogP contribution in [0.2, 0.25) is 0 Å². The van der Waals surface area contributed by atoms with E-state index in [4.69, 9.17) is 5.11 Å². The van der Waals surface area contributed by atoms with E-state index in [0.29, 0.717) is 22.0 Å². The zero-order valence-corrected chi connectivity index (χ0v) is 8.83. The quantitative estimate of drug-likeness (QED) is 0.553. The summed E-state index contributed by atoms with van der Waals surface area (Å²) in [7, 11) is 0. The lowest BCUT2D eigenvalue weighted by molar-refractivity contribution is 0.0691. The number of H-pyrrole nitrogens is 1. The second-order valence-electron chi connectivity index (χ2n) is 3.72. The Hall–Kier alpha value is -2.17. The summed E-state index contributed by atoms with van der Waals surface area (Å²) in [6.45, 7) is 3.23. The van der Waals surface area contributed by atoms with Crippen molar-refractivity contribution < 1.29 is 20.1 Å². The third-order valence-electron chi connectivity index (χ3n) is 2.76. The molecular formula is C11H11NO4. The highest BCUT2D eigenvalue weighted by Gasteiger charge is 2.17. The summed E-state index contributed by atoms with van der Waals surface area (Å²) in [5.74, 6) is -1.50. The summed E-state index contributed by atoms with van der Waals surface area (Å²) in [4.78, 5) is 13.5. The van der Waals surface area contributed by atoms with E-state index in [1.54, 1.807) is 13.8 Å². The third kappa shape index (κ3) is 1.21. The van der Waals surface area contributed by atoms with Gasteiger partial charge in [0.25, 0.3) is 0 Å². The van der Waals surface area contributed by atoms with Gasteiger partial charge in [0.15, 0.2) is 11.5 Å². The molecule has 0 radical (unpaired) electrons. The van der Waals surface area contributed by atoms with Crippen molar-refractivity contribution in [2.45, 2.75) is 13.8 Å². The monoisotopic (exact) mass is 221 g/mol. The maximum Gasteiger partial charge on any atom is 0.352 e. The zero-order valence-electron chi connectivity index (χ0n) is 8.83. The number of aromatic hydroxyl groups is 2. The maximum absolute atomic E-state index is 10.8. The van der Waals surface area contributed by atoms with Gasteiger partial charge in [-0.3, -0.25) is 0 Å². The number of aromatic amines is 1. The van der Waals surface area contributed by atoms with E-state index in [9.17, 15) is 15.0 Å². The number of hydrogen-bond acceptors (Lipinski definition) is 3. The zero-order chi connectivity index (χ0) is 12.0. The molecular weight excluding hydrogens is 210 g/mol. The number of rotatable bonds is 1. The van der Waals surface area contributed by atoms with Crippen molar-refractivity contribution in [1.82, 2.24) is 4.98 Å². The van der Waals surface area contributed by atoms with Crippen LogP contribution >= 0.6 is 0 Å². The van der Waals surface area contributed by atoms with Crippen LogP contribution in [0.1, 0.15) is 21.6 Å². The van der Waals surface area contributed by atoms with E-state index in [1.165, 1.54) is 6.07 Å². The molecule has 2 rings (SSSR count). The SMILES string of the molecule is Cc1c(O)c(O)c(C)c2[nH]c(C(=O)O)cc12. The second-order valence-corrected chi connectivity index (χ2v) is 3.72. The Bertz CT molecular complexity index is 553. The van der Waals surface area contributed by atoms with Gasteiger partial charge in [-0.25, -0.2) is 4.79 Å². The highest BCUT2D eigenvalue weighted by Crippen LogP contribution is 2.39. The predicted molar refractivity (Wildman–Crippen MR) is 58.1 cm³/mol. The lowest BCUT2D eigenvalue weighted by Gasteiger charge is -2.07. The molecule has 84 valence electrons. The number of aryl methyl sites for hydroxylation is 2. The standard InChI is InChI=1S/C11H11NO4/c1-4-6-3-7(11(15)16)12-8(6)5(2)10(14)9(4)13/h3,12-14H,1-2H3,(H,15,16). The predicted octanol–water partition coefficient (Wildman–Crippen LogP) is 1.89. The van der Waals surface area contributed by atoms with Gasteiger partial charge in [0.2, 0.25) is 0 Å². The van der Waals surface area contributed by atoms with Gasteiger partial charge >= 0.3 is 5.97 Å². The molecule has 1 heterocycles. The smallest absolute Gasteiger partial charge is 0.352 e. The van der Waals surface area contributed by atoms with Crippen molar-refractivity contribution in [3.05, 3.63) is 22.9 Å². The van der Waals surface area contributed by atoms with E-state index in [1.807, 2.05) is 0 Å². The number of phenols is 2. The molecule has 4 N–H and O–H groups in total. The summed E-state index contributed by atoms with van der Waals surface area (Å²) in [6, 6.07) is 1.44. The van der Waals surface area contributed by atoms with Crippen LogP contribution in [0.25, 0.3) is 10.9 Å². The minimum absolute atomic E-state index is 0.0335. The fraction of sp³-hybridized carbons (Fsp3) is 0.182. The molecule has 2 aromatic rings. The van der Waals surface area contributed by atoms with Gasteiger partial charge in [0.1, 0.15) is 5.69 Å². The Balaban J connectivity index is 2.92. The fourth-order valence-corrected chi connectivity index (χ4v) is 1.76. The largest absolute Gasteiger partial charge is 0.504 e. The Morgan fingerprint density at radius 3 is 2.31 bits per heavy atom. The first kappa shape index (κ1) is 10.4. The molecule has 16 heavy (non-hydrogen) atoms. The molecule has 5 nitrogen and oxygen atoms in total. The van der Waals surface area contributed by atoms with Crippen LogP contribution < -0.4 is 0 Å². The van der Waals surface area contributed by atoms with Gasteiger partial charge < -0.3 is 20.3 Å². The molecule has 0 aliphatic heterocycles. The summed E-state index contributed by atoms with van der Waals surface area (Å²) in [5.41, 5.74) is 1.46. The van der Waals surface area contributed by atoms with Crippen LogP contribution in [0.5, 0.6) is 11.5 Å². The molecule has 0 fully saturated rings. The molecule has 5 heteroatoms. The molecule has 0 unspecified atom stereocenters. The van der Waals surface area contributed by atoms with Gasteiger partial charge in [0, 0.05) is 16.5 Å². The fourth-order valence-electron chi connectivity index (χ4n) is 1.76. The van der Waals surface area contributed by atoms with Crippen LogP contribution in [0.15, 0.2) is 6.07 Å². The van der Waals surface area contributed by atoms with Crippen molar-refractivity contribution >= 4 is 16.9 Å². The number of fused-ring (bicyclic) bond motifs is 1. The number of aromatic carboxylic acids is 1. The van der Waals surface area contributed by atoms with Crippen LogP contribution in [0.4, 0.5) is 0 Å². The van der Waals surface area contributed by atoms with E-state index in [-0.39, 0.29) is 17.2 Å². The van der Waals surface area contributed by atoms with Crippen molar-refractivity contribution in [3.63, 3.8) is 0 Å². The summed E-state index contributed by atoms with van der Waals surface area (Å²) < 4.78 is 0. The van der Waals surface area contributed by atoms with Gasteiger partial charge in [-0.05, 0) is 19.9 Å². The van der Waals surface area contributed by atoms with Crippen molar-refractivity contribution in [2.24, 2.45) is 0 Å². The number of carboxylic acid groups (broad SMARTS) is 1. The maximum atomic E-state index is 10.8. The molecule has 0 atom stereocenters. The van der Waals surface area contributed by atoms with E-state index < -0.39 is 5.97 Å². The van der Waals surface area contributed by atoms with E-state index in [2.05, 4.69) is 4.98 Å². The Morgan fingerprint density at radius 1 is 1.19 bits per heavy atom. The summed E-state index contributed by atoms with van der Waals surface area (Å²) in [5, 5.41) is 28.7. The van der Waals surface area contributed by atoms with E-state index >= 15 is 0 Å². The first-order chi connectivity index (χ1) is 7.43. The highest BCUT2D eigenvalue weighted by atomic mass is 16.4. The molecule has 1 aromatic carbocycles. The molecule has 0 bridgehead atoms. The molecule has 0 aliphatic rings. The molecule has 0 aliphatic carbocycles. The average molecular weight is 221 g/mol. The molecule has 1 aromatic heterocycles. The van der Waals surface area contributed by atoms with Crippen LogP contribution in [0, 0.1) is 13.8 Å². The normalized spacial score (nSPS) is 10.9. The summed E-state index contributed by atoms with van der Waals surface area (Å²) >= 11 is 0. The Morgan fingerprint density at radius 2 is 1.75 bits per heavy atom. The first-order valence-electron chi connectivity index (χ1n) is 4.70. The van der Waals surface area contributed by atoms with Crippen LogP contribution in [0.3, 0.4) is 0 Å². The molecule has 0 saturated heterocycles. The van der Waals surface area contributed by atoms with Gasteiger partial charge in [0.05, 0.1) is 5.52 Å². The number of benzene rings is 1. The number of hydrogen-bond donors (Lipinski definition) is 4. The number of aromatic nitrogens is 1. The third-order valence-corrected chi connectivity index (χ3v) is 2.76. The summed E-state index contributed by atoms with van der Waals surface area (Å²) in [6.07, 6.45) is 0. The minimum atomic E-state index is -1.08. The topological polar surface area (TPSA) is 93.5 Å². The van der Waals surface area contributed by atoms with E-state index in [0.717, 1.165) is 0 Å². The molecule has 0 spiro atoms. The van der Waals surface area contributed by atoms with Crippen molar-refractivity contribution in [3.8, 4) is 11.5 Å². The van der Waals surface area contributed by atoms with Crippen LogP contribution in [-0.2, 0) is 0 Å². The first-order valence-corrected chi connectivity index (χ1v) is 4.70. The van der Waals surface area contributed by atoms with Gasteiger partial charge in [-0.15, -0.1) is 0 Å². The Labute approximate surface area is 91.0 Å². The lowest BCUT2D eigenvalue weighted by Crippen LogP contribution is -1.95. The highest BCUT2D eigenvalue weighted by molar-refractivity contribution is 5.98. The molecule has 0 amide bonds. The number of carbonyl (C=O) groups is 1. The second kappa shape index (κ2) is 3.16. The van der Waals surface area contributed by atoms with Crippen molar-refractivity contribution in [1.29, 1.82) is 0 Å². The number of carboxylic acids is 1. The minimum Gasteiger partial charge on any atom is -0.504 e. The van der Waals surface area contributed by atoms with Gasteiger partial charge in [-0.1, -0.05) is 0 Å².